The van der Waals surface area contributed by atoms with Gasteiger partial charge in [0.15, 0.2) is 11.9 Å². The molecule has 1 saturated heterocycles. The fraction of sp³-hybridized carbons (Fsp3) is 0.500. The number of hydrogen-bond donors (Lipinski definition) is 1. The number of rotatable bonds is 6. The third kappa shape index (κ3) is 4.00. The molecule has 0 unspecified atom stereocenters. The Balaban J connectivity index is 1.46. The average Bonchev–Trinajstić information content (AvgIpc) is 2.90. The molecule has 124 valence electrons. The number of ether oxygens (including phenoxy) is 1. The number of aromatic nitrogens is 1. The first kappa shape index (κ1) is 15.8. The van der Waals surface area contributed by atoms with Crippen molar-refractivity contribution in [3.05, 3.63) is 34.8 Å². The van der Waals surface area contributed by atoms with Crippen molar-refractivity contribution in [2.24, 2.45) is 0 Å². The van der Waals surface area contributed by atoms with Gasteiger partial charge in [-0.25, -0.2) is 15.1 Å². The van der Waals surface area contributed by atoms with Crippen molar-refractivity contribution in [2.45, 2.75) is 44.9 Å². The Hall–Kier alpha value is -2.12. The molecule has 1 aliphatic rings. The Morgan fingerprint density at radius 3 is 3.04 bits per heavy atom. The molecular formula is C16H20N2O5. The number of carbonyl (C=O) groups is 1. The van der Waals surface area contributed by atoms with Gasteiger partial charge in [0.1, 0.15) is 0 Å². The van der Waals surface area contributed by atoms with Crippen LogP contribution in [0.3, 0.4) is 0 Å². The molecule has 2 aromatic rings. The minimum Gasteiger partial charge on any atom is -0.408 e. The van der Waals surface area contributed by atoms with Crippen LogP contribution in [-0.2, 0) is 20.9 Å². The Labute approximate surface area is 133 Å². The zero-order valence-electron chi connectivity index (χ0n) is 12.8. The smallest absolute Gasteiger partial charge is 0.408 e. The molecular weight excluding hydrogens is 300 g/mol. The first-order chi connectivity index (χ1) is 11.2. The summed E-state index contributed by atoms with van der Waals surface area (Å²) >= 11 is 0. The molecule has 1 atom stereocenters. The van der Waals surface area contributed by atoms with Gasteiger partial charge in [-0.3, -0.25) is 9.36 Å². The number of fused-ring (bicyclic) bond motifs is 1. The zero-order valence-corrected chi connectivity index (χ0v) is 12.8. The van der Waals surface area contributed by atoms with Crippen LogP contribution in [0.25, 0.3) is 11.1 Å². The summed E-state index contributed by atoms with van der Waals surface area (Å²) in [7, 11) is 0. The van der Waals surface area contributed by atoms with E-state index in [1.165, 1.54) is 4.57 Å². The number of hydrogen-bond acceptors (Lipinski definition) is 5. The summed E-state index contributed by atoms with van der Waals surface area (Å²) in [6, 6.07) is 7.23. The molecule has 7 heteroatoms. The summed E-state index contributed by atoms with van der Waals surface area (Å²) in [4.78, 5) is 28.8. The van der Waals surface area contributed by atoms with Crippen LogP contribution in [-0.4, -0.2) is 23.4 Å². The number of nitrogens with one attached hydrogen (secondary N) is 1. The predicted molar refractivity (Wildman–Crippen MR) is 82.5 cm³/mol. The van der Waals surface area contributed by atoms with Crippen LogP contribution >= 0.6 is 0 Å². The van der Waals surface area contributed by atoms with E-state index in [1.807, 2.05) is 18.2 Å². The van der Waals surface area contributed by atoms with Crippen LogP contribution in [0.1, 0.15) is 32.1 Å². The normalized spacial score (nSPS) is 18.2. The second-order valence-corrected chi connectivity index (χ2v) is 5.53. The minimum atomic E-state index is -0.404. The molecule has 2 heterocycles. The van der Waals surface area contributed by atoms with Gasteiger partial charge in [-0.15, -0.1) is 0 Å². The number of carbonyl (C=O) groups excluding carboxylic acids is 1. The number of amides is 1. The topological polar surface area (TPSA) is 82.7 Å². The van der Waals surface area contributed by atoms with Gasteiger partial charge in [-0.1, -0.05) is 12.1 Å². The molecule has 7 nitrogen and oxygen atoms in total. The molecule has 23 heavy (non-hydrogen) atoms. The number of hydroxylamine groups is 1. The predicted octanol–water partition coefficient (Wildman–Crippen LogP) is 1.95. The molecule has 1 N–H and O–H groups in total. The summed E-state index contributed by atoms with van der Waals surface area (Å²) < 4.78 is 12.0. The maximum atomic E-state index is 11.8. The minimum absolute atomic E-state index is 0.222. The van der Waals surface area contributed by atoms with Crippen molar-refractivity contribution >= 4 is 17.0 Å². The summed E-state index contributed by atoms with van der Waals surface area (Å²) in [5.41, 5.74) is 3.71. The van der Waals surface area contributed by atoms with Crippen LogP contribution < -0.4 is 11.2 Å². The van der Waals surface area contributed by atoms with Gasteiger partial charge >= 0.3 is 5.76 Å². The molecule has 1 aliphatic heterocycles. The highest BCUT2D eigenvalue weighted by Crippen LogP contribution is 2.13. The van der Waals surface area contributed by atoms with Gasteiger partial charge < -0.3 is 9.15 Å². The van der Waals surface area contributed by atoms with Crippen molar-refractivity contribution < 1.29 is 18.8 Å². The highest BCUT2D eigenvalue weighted by molar-refractivity contribution is 5.75. The van der Waals surface area contributed by atoms with Crippen molar-refractivity contribution in [3.63, 3.8) is 0 Å². The fourth-order valence-corrected chi connectivity index (χ4v) is 2.61. The van der Waals surface area contributed by atoms with Gasteiger partial charge in [0, 0.05) is 26.0 Å². The lowest BCUT2D eigenvalue weighted by Gasteiger charge is -2.22. The van der Waals surface area contributed by atoms with E-state index in [-0.39, 0.29) is 18.6 Å². The molecule has 3 rings (SSSR count). The van der Waals surface area contributed by atoms with Gasteiger partial charge in [0.05, 0.1) is 5.52 Å². The second kappa shape index (κ2) is 7.43. The number of nitrogens with zero attached hydrogens (tertiary/aromatic N) is 1. The fourth-order valence-electron chi connectivity index (χ4n) is 2.61. The van der Waals surface area contributed by atoms with E-state index in [4.69, 9.17) is 14.0 Å². The maximum Gasteiger partial charge on any atom is 0.419 e. The zero-order chi connectivity index (χ0) is 16.1. The van der Waals surface area contributed by atoms with Crippen LogP contribution in [0.4, 0.5) is 0 Å². The average molecular weight is 320 g/mol. The number of oxazole rings is 1. The largest absolute Gasteiger partial charge is 0.419 e. The molecule has 0 radical (unpaired) electrons. The molecule has 1 fully saturated rings. The van der Waals surface area contributed by atoms with Gasteiger partial charge in [-0.2, -0.15) is 0 Å². The molecule has 1 aromatic heterocycles. The molecule has 1 aromatic carbocycles. The van der Waals surface area contributed by atoms with E-state index in [0.717, 1.165) is 24.8 Å². The maximum absolute atomic E-state index is 11.8. The van der Waals surface area contributed by atoms with E-state index >= 15 is 0 Å². The summed E-state index contributed by atoms with van der Waals surface area (Å²) in [6.07, 6.45) is 3.28. The van der Waals surface area contributed by atoms with E-state index in [2.05, 4.69) is 5.48 Å². The van der Waals surface area contributed by atoms with Gasteiger partial charge in [0.25, 0.3) is 0 Å². The van der Waals surface area contributed by atoms with Crippen molar-refractivity contribution in [1.29, 1.82) is 0 Å². The van der Waals surface area contributed by atoms with Gasteiger partial charge in [0.2, 0.25) is 5.91 Å². The summed E-state index contributed by atoms with van der Waals surface area (Å²) in [5, 5.41) is 0. The molecule has 1 amide bonds. The lowest BCUT2D eigenvalue weighted by atomic mass is 10.2. The Morgan fingerprint density at radius 1 is 1.35 bits per heavy atom. The third-order valence-electron chi connectivity index (χ3n) is 3.80. The number of para-hydroxylation sites is 2. The van der Waals surface area contributed by atoms with Crippen LogP contribution in [0, 0.1) is 0 Å². The highest BCUT2D eigenvalue weighted by Gasteiger charge is 2.15. The van der Waals surface area contributed by atoms with Crippen LogP contribution in [0.5, 0.6) is 0 Å². The monoisotopic (exact) mass is 320 g/mol. The van der Waals surface area contributed by atoms with Crippen LogP contribution in [0.15, 0.2) is 33.5 Å². The van der Waals surface area contributed by atoms with Crippen molar-refractivity contribution in [1.82, 2.24) is 10.0 Å². The van der Waals surface area contributed by atoms with E-state index < -0.39 is 5.76 Å². The van der Waals surface area contributed by atoms with Crippen molar-refractivity contribution in [3.8, 4) is 0 Å². The first-order valence-electron chi connectivity index (χ1n) is 7.88. The Kier molecular flexibility index (Phi) is 5.09. The Bertz CT molecular complexity index is 715. The third-order valence-corrected chi connectivity index (χ3v) is 3.80. The standard InChI is InChI=1S/C16H20N2O5/c19-14(17-23-15-9-3-4-11-21-15)8-5-10-18-12-6-1-2-7-13(12)22-16(18)20/h1-2,6-7,15H,3-5,8-11H2,(H,17,19)/t15-/m1/s1. The van der Waals surface area contributed by atoms with E-state index in [0.29, 0.717) is 25.2 Å². The SMILES string of the molecule is O=C(CCCn1c(=O)oc2ccccc21)NO[C@@H]1CCCCO1. The van der Waals surface area contributed by atoms with Gasteiger partial charge in [-0.05, 0) is 31.4 Å². The quantitative estimate of drug-likeness (QED) is 0.823. The molecule has 0 bridgehead atoms. The summed E-state index contributed by atoms with van der Waals surface area (Å²) in [5.74, 6) is -0.626. The lowest BCUT2D eigenvalue weighted by molar-refractivity contribution is -0.200. The molecule has 0 aliphatic carbocycles. The lowest BCUT2D eigenvalue weighted by Crippen LogP contribution is -2.33. The Morgan fingerprint density at radius 2 is 2.22 bits per heavy atom. The van der Waals surface area contributed by atoms with Crippen molar-refractivity contribution in [2.75, 3.05) is 6.61 Å². The second-order valence-electron chi connectivity index (χ2n) is 5.53. The van der Waals surface area contributed by atoms with E-state index in [1.54, 1.807) is 6.07 Å². The highest BCUT2D eigenvalue weighted by atomic mass is 16.8. The molecule has 0 saturated carbocycles. The number of benzene rings is 1. The van der Waals surface area contributed by atoms with Crippen LogP contribution in [0.2, 0.25) is 0 Å². The summed E-state index contributed by atoms with van der Waals surface area (Å²) in [6.45, 7) is 1.08. The van der Waals surface area contributed by atoms with E-state index in [9.17, 15) is 9.59 Å². The number of aryl methyl sites for hydroxylation is 1. The first-order valence-corrected chi connectivity index (χ1v) is 7.88. The molecule has 0 spiro atoms.